The van der Waals surface area contributed by atoms with Crippen LogP contribution in [0.3, 0.4) is 0 Å². The Bertz CT molecular complexity index is 1350. The number of aliphatic hydroxyl groups is 1. The minimum atomic E-state index is -5.10. The first-order chi connectivity index (χ1) is 15.5. The first kappa shape index (κ1) is 22.6. The number of nitrogens with zero attached hydrogens (tertiary/aromatic N) is 1. The number of anilines is 1. The Labute approximate surface area is 185 Å². The lowest BCUT2D eigenvalue weighted by atomic mass is 9.68. The van der Waals surface area contributed by atoms with Crippen molar-refractivity contribution in [3.63, 3.8) is 0 Å². The molecular formula is C23H19F4N3O3. The van der Waals surface area contributed by atoms with Crippen molar-refractivity contribution in [2.24, 2.45) is 0 Å². The number of phenolic OH excluding ortho intramolecular Hbond substituents is 1. The number of benzene rings is 2. The van der Waals surface area contributed by atoms with Crippen molar-refractivity contribution in [1.82, 2.24) is 4.98 Å². The number of aromatic amines is 1. The summed E-state index contributed by atoms with van der Waals surface area (Å²) in [4.78, 5) is 14.2. The Balaban J connectivity index is 1.99. The Morgan fingerprint density at radius 2 is 2.03 bits per heavy atom. The van der Waals surface area contributed by atoms with Crippen molar-refractivity contribution in [3.05, 3.63) is 69.3 Å². The van der Waals surface area contributed by atoms with Gasteiger partial charge in [0.1, 0.15) is 23.2 Å². The highest BCUT2D eigenvalue weighted by Gasteiger charge is 2.62. The average molecular weight is 461 g/mol. The van der Waals surface area contributed by atoms with Crippen molar-refractivity contribution in [1.29, 1.82) is 5.26 Å². The molecule has 3 aromatic rings. The Kier molecular flexibility index (Phi) is 5.33. The average Bonchev–Trinajstić information content (AvgIpc) is 2.74. The Morgan fingerprint density at radius 1 is 1.30 bits per heavy atom. The molecule has 1 unspecified atom stereocenters. The molecule has 0 fully saturated rings. The summed E-state index contributed by atoms with van der Waals surface area (Å²) in [6.07, 6.45) is -5.80. The van der Waals surface area contributed by atoms with E-state index in [4.69, 9.17) is 0 Å². The van der Waals surface area contributed by atoms with Gasteiger partial charge in [-0.2, -0.15) is 18.4 Å². The number of phenols is 1. The van der Waals surface area contributed by atoms with Gasteiger partial charge in [-0.15, -0.1) is 0 Å². The van der Waals surface area contributed by atoms with E-state index in [1.54, 1.807) is 13.0 Å². The molecule has 0 saturated carbocycles. The van der Waals surface area contributed by atoms with Crippen molar-refractivity contribution in [2.75, 3.05) is 5.32 Å². The van der Waals surface area contributed by atoms with E-state index in [-0.39, 0.29) is 23.2 Å². The molecule has 4 rings (SSSR count). The fourth-order valence-electron chi connectivity index (χ4n) is 4.59. The smallest absolute Gasteiger partial charge is 0.419 e. The highest BCUT2D eigenvalue weighted by Crippen LogP contribution is 2.55. The molecule has 0 radical (unpaired) electrons. The standard InChI is InChI=1S/C23H19F4N3O3/c1-2-11-9-22(33,23(25,26)27)21(13-8-15(24)14(10-28)20(32)19(11)13)30-17-5-3-4-16-12(17)6-7-18(31)29-16/h3-8,11,21,30,32-33H,2,9H2,1H3,(H,29,31)/t11-,21?,22-/m1/s1. The number of hydrogen-bond donors (Lipinski definition) is 4. The van der Waals surface area contributed by atoms with Crippen LogP contribution in [0.1, 0.15) is 48.4 Å². The van der Waals surface area contributed by atoms with Crippen LogP contribution in [0.15, 0.2) is 41.2 Å². The maximum Gasteiger partial charge on any atom is 0.419 e. The highest BCUT2D eigenvalue weighted by molar-refractivity contribution is 5.91. The molecule has 0 bridgehead atoms. The third kappa shape index (κ3) is 3.49. The van der Waals surface area contributed by atoms with Gasteiger partial charge in [0.15, 0.2) is 5.60 Å². The predicted octanol–water partition coefficient (Wildman–Crippen LogP) is 4.59. The number of nitrogens with one attached hydrogen (secondary N) is 2. The van der Waals surface area contributed by atoms with Crippen LogP contribution in [0, 0.1) is 17.1 Å². The first-order valence-corrected chi connectivity index (χ1v) is 10.1. The third-order valence-corrected chi connectivity index (χ3v) is 6.24. The lowest BCUT2D eigenvalue weighted by Gasteiger charge is -2.46. The number of pyridine rings is 1. The molecule has 0 amide bonds. The van der Waals surface area contributed by atoms with E-state index in [2.05, 4.69) is 10.3 Å². The zero-order chi connectivity index (χ0) is 24.1. The molecule has 172 valence electrons. The van der Waals surface area contributed by atoms with Crippen LogP contribution in [-0.4, -0.2) is 27.0 Å². The lowest BCUT2D eigenvalue weighted by Crippen LogP contribution is -2.55. The quantitative estimate of drug-likeness (QED) is 0.427. The van der Waals surface area contributed by atoms with Gasteiger partial charge in [0.25, 0.3) is 0 Å². The summed E-state index contributed by atoms with van der Waals surface area (Å²) in [5.74, 6) is -2.89. The van der Waals surface area contributed by atoms with Crippen LogP contribution in [-0.2, 0) is 0 Å². The summed E-state index contributed by atoms with van der Waals surface area (Å²) < 4.78 is 57.4. The number of aromatic nitrogens is 1. The monoisotopic (exact) mass is 461 g/mol. The summed E-state index contributed by atoms with van der Waals surface area (Å²) >= 11 is 0. The van der Waals surface area contributed by atoms with Crippen LogP contribution in [0.25, 0.3) is 10.9 Å². The van der Waals surface area contributed by atoms with Crippen molar-refractivity contribution >= 4 is 16.6 Å². The zero-order valence-electron chi connectivity index (χ0n) is 17.3. The second kappa shape index (κ2) is 7.78. The van der Waals surface area contributed by atoms with Gasteiger partial charge in [-0.3, -0.25) is 4.79 Å². The Morgan fingerprint density at radius 3 is 2.67 bits per heavy atom. The molecule has 0 spiro atoms. The number of hydrogen-bond acceptors (Lipinski definition) is 5. The molecule has 0 saturated heterocycles. The van der Waals surface area contributed by atoms with Crippen LogP contribution >= 0.6 is 0 Å². The van der Waals surface area contributed by atoms with Gasteiger partial charge < -0.3 is 20.5 Å². The lowest BCUT2D eigenvalue weighted by molar-refractivity contribution is -0.272. The third-order valence-electron chi connectivity index (χ3n) is 6.24. The summed E-state index contributed by atoms with van der Waals surface area (Å²) in [6.45, 7) is 1.58. The summed E-state index contributed by atoms with van der Waals surface area (Å²) in [5.41, 5.74) is -4.17. The molecule has 3 atom stereocenters. The van der Waals surface area contributed by atoms with E-state index < -0.39 is 52.8 Å². The molecule has 0 aliphatic heterocycles. The molecule has 1 aromatic heterocycles. The molecular weight excluding hydrogens is 442 g/mol. The minimum Gasteiger partial charge on any atom is -0.506 e. The van der Waals surface area contributed by atoms with Gasteiger partial charge >= 0.3 is 6.18 Å². The molecule has 1 aliphatic carbocycles. The van der Waals surface area contributed by atoms with Crippen molar-refractivity contribution in [2.45, 2.75) is 43.5 Å². The van der Waals surface area contributed by atoms with E-state index in [1.165, 1.54) is 30.3 Å². The molecule has 10 heteroatoms. The molecule has 33 heavy (non-hydrogen) atoms. The molecule has 2 aromatic carbocycles. The largest absolute Gasteiger partial charge is 0.506 e. The van der Waals surface area contributed by atoms with E-state index in [1.807, 2.05) is 0 Å². The minimum absolute atomic E-state index is 0.00415. The molecule has 1 heterocycles. The van der Waals surface area contributed by atoms with E-state index in [9.17, 15) is 37.8 Å². The van der Waals surface area contributed by atoms with Crippen LogP contribution < -0.4 is 10.9 Å². The van der Waals surface area contributed by atoms with Gasteiger partial charge in [0, 0.05) is 22.7 Å². The second-order valence-corrected chi connectivity index (χ2v) is 8.09. The van der Waals surface area contributed by atoms with Crippen LogP contribution in [0.2, 0.25) is 0 Å². The number of aromatic hydroxyl groups is 1. The fraction of sp³-hybridized carbons (Fsp3) is 0.304. The number of halogens is 4. The van der Waals surface area contributed by atoms with Gasteiger partial charge in [-0.05, 0) is 48.6 Å². The topological polar surface area (TPSA) is 109 Å². The van der Waals surface area contributed by atoms with Gasteiger partial charge in [-0.25, -0.2) is 4.39 Å². The molecule has 1 aliphatic rings. The van der Waals surface area contributed by atoms with Crippen LogP contribution in [0.4, 0.5) is 23.2 Å². The fourth-order valence-corrected chi connectivity index (χ4v) is 4.59. The van der Waals surface area contributed by atoms with Gasteiger partial charge in [0.2, 0.25) is 5.56 Å². The SMILES string of the molecule is CC[C@@H]1C[C@](O)(C(F)(F)F)C(Nc2cccc3[nH]c(=O)ccc23)c2cc(F)c(C#N)c(O)c21. The normalized spacial score (nSPS) is 22.6. The van der Waals surface area contributed by atoms with Crippen molar-refractivity contribution < 1.29 is 27.8 Å². The van der Waals surface area contributed by atoms with E-state index >= 15 is 0 Å². The van der Waals surface area contributed by atoms with Crippen LogP contribution in [0.5, 0.6) is 5.75 Å². The second-order valence-electron chi connectivity index (χ2n) is 8.09. The highest BCUT2D eigenvalue weighted by atomic mass is 19.4. The number of alkyl halides is 3. The Hall–Kier alpha value is -3.58. The zero-order valence-corrected chi connectivity index (χ0v) is 17.3. The molecule has 4 N–H and O–H groups in total. The predicted molar refractivity (Wildman–Crippen MR) is 112 cm³/mol. The van der Waals surface area contributed by atoms with E-state index in [0.717, 1.165) is 6.07 Å². The van der Waals surface area contributed by atoms with Gasteiger partial charge in [0.05, 0.1) is 11.6 Å². The first-order valence-electron chi connectivity index (χ1n) is 10.1. The number of H-pyrrole nitrogens is 1. The van der Waals surface area contributed by atoms with Gasteiger partial charge in [-0.1, -0.05) is 13.0 Å². The maximum absolute atomic E-state index is 14.6. The van der Waals surface area contributed by atoms with E-state index in [0.29, 0.717) is 10.9 Å². The summed E-state index contributed by atoms with van der Waals surface area (Å²) in [7, 11) is 0. The molecule has 6 nitrogen and oxygen atoms in total. The van der Waals surface area contributed by atoms with Crippen molar-refractivity contribution in [3.8, 4) is 11.8 Å². The number of nitriles is 1. The maximum atomic E-state index is 14.6. The summed E-state index contributed by atoms with van der Waals surface area (Å²) in [6, 6.07) is 7.54. The number of rotatable bonds is 3. The summed E-state index contributed by atoms with van der Waals surface area (Å²) in [5, 5.41) is 33.8. The number of fused-ring (bicyclic) bond motifs is 2.